The van der Waals surface area contributed by atoms with Crippen LogP contribution in [0, 0.1) is 0 Å². The zero-order valence-corrected chi connectivity index (χ0v) is 19.4. The highest BCUT2D eigenvalue weighted by Crippen LogP contribution is 2.31. The maximum atomic E-state index is 13.0. The molecule has 0 saturated carbocycles. The minimum atomic E-state index is -0.302. The van der Waals surface area contributed by atoms with Crippen LogP contribution in [0.2, 0.25) is 0 Å². The molecule has 33 heavy (non-hydrogen) atoms. The van der Waals surface area contributed by atoms with Crippen LogP contribution >= 0.6 is 11.3 Å². The smallest absolute Gasteiger partial charge is 0.268 e. The monoisotopic (exact) mass is 465 g/mol. The molecule has 8 nitrogen and oxygen atoms in total. The summed E-state index contributed by atoms with van der Waals surface area (Å²) in [6.07, 6.45) is 3.83. The van der Waals surface area contributed by atoms with Crippen molar-refractivity contribution in [3.05, 3.63) is 58.8 Å². The molecular weight excluding hydrogens is 438 g/mol. The number of imidazole rings is 1. The lowest BCUT2D eigenvalue weighted by molar-refractivity contribution is -0.125. The standard InChI is InChI=1S/C24H27N5O3S/c1-3-21(30)28-14-7-8-16(13-15-28)29-18-10-6-5-9-17(18)26-24(29)27-23(32)20-12-11-19(33-20)22(31)25-4-2/h3,5-6,9-12,16H,1,4,7-8,13-15H2,2H3,(H,25,31)(H,26,27,32)/t16-/m1/s1. The van der Waals surface area contributed by atoms with Gasteiger partial charge in [-0.1, -0.05) is 18.7 Å². The summed E-state index contributed by atoms with van der Waals surface area (Å²) in [6.45, 7) is 7.28. The molecule has 0 radical (unpaired) electrons. The van der Waals surface area contributed by atoms with Gasteiger partial charge in [0.1, 0.15) is 0 Å². The van der Waals surface area contributed by atoms with Crippen molar-refractivity contribution in [2.45, 2.75) is 32.2 Å². The quantitative estimate of drug-likeness (QED) is 0.541. The summed E-state index contributed by atoms with van der Waals surface area (Å²) in [5.74, 6) is -0.0713. The number of carbonyl (C=O) groups excluding carboxylic acids is 3. The van der Waals surface area contributed by atoms with Gasteiger partial charge < -0.3 is 14.8 Å². The SMILES string of the molecule is C=CC(=O)N1CCC[C@@H](n2c(NC(=O)c3ccc(C(=O)NCC)s3)nc3ccccc32)CC1. The third kappa shape index (κ3) is 4.83. The summed E-state index contributed by atoms with van der Waals surface area (Å²) in [5.41, 5.74) is 1.74. The second-order valence-corrected chi connectivity index (χ2v) is 8.97. The Balaban J connectivity index is 1.60. The summed E-state index contributed by atoms with van der Waals surface area (Å²) in [6, 6.07) is 11.2. The van der Waals surface area contributed by atoms with E-state index in [1.807, 2.05) is 36.1 Å². The lowest BCUT2D eigenvalue weighted by Gasteiger charge is -2.21. The van der Waals surface area contributed by atoms with E-state index >= 15 is 0 Å². The fourth-order valence-electron chi connectivity index (χ4n) is 4.18. The third-order valence-electron chi connectivity index (χ3n) is 5.76. The first-order valence-corrected chi connectivity index (χ1v) is 11.9. The van der Waals surface area contributed by atoms with Crippen LogP contribution in [0.25, 0.3) is 11.0 Å². The highest BCUT2D eigenvalue weighted by molar-refractivity contribution is 7.16. The number of hydrogen-bond donors (Lipinski definition) is 2. The first kappa shape index (κ1) is 22.7. The molecule has 0 spiro atoms. The predicted molar refractivity (Wildman–Crippen MR) is 130 cm³/mol. The Hall–Kier alpha value is -3.46. The van der Waals surface area contributed by atoms with Crippen LogP contribution in [0.3, 0.4) is 0 Å². The van der Waals surface area contributed by atoms with E-state index in [9.17, 15) is 14.4 Å². The first-order valence-electron chi connectivity index (χ1n) is 11.1. The molecular formula is C24H27N5O3S. The lowest BCUT2D eigenvalue weighted by atomic mass is 10.1. The molecule has 3 heterocycles. The molecule has 1 aliphatic heterocycles. The number of anilines is 1. The molecule has 0 unspecified atom stereocenters. The number of para-hydroxylation sites is 2. The number of nitrogens with one attached hydrogen (secondary N) is 2. The van der Waals surface area contributed by atoms with E-state index in [1.54, 1.807) is 12.1 Å². The summed E-state index contributed by atoms with van der Waals surface area (Å²) in [5, 5.41) is 5.70. The van der Waals surface area contributed by atoms with Gasteiger partial charge in [0, 0.05) is 25.7 Å². The van der Waals surface area contributed by atoms with Crippen LogP contribution in [0.1, 0.15) is 51.6 Å². The van der Waals surface area contributed by atoms with Gasteiger partial charge in [0.05, 0.1) is 20.8 Å². The molecule has 1 atom stereocenters. The minimum absolute atomic E-state index is 0.0553. The van der Waals surface area contributed by atoms with Gasteiger partial charge in [-0.3, -0.25) is 19.7 Å². The van der Waals surface area contributed by atoms with Gasteiger partial charge in [0.2, 0.25) is 11.9 Å². The Labute approximate surface area is 196 Å². The normalized spacial score (nSPS) is 16.3. The van der Waals surface area contributed by atoms with E-state index < -0.39 is 0 Å². The van der Waals surface area contributed by atoms with Gasteiger partial charge in [-0.15, -0.1) is 11.3 Å². The number of amides is 3. The number of fused-ring (bicyclic) bond motifs is 1. The van der Waals surface area contributed by atoms with Gasteiger partial charge in [-0.2, -0.15) is 0 Å². The van der Waals surface area contributed by atoms with E-state index in [2.05, 4.69) is 26.8 Å². The Morgan fingerprint density at radius 1 is 1.12 bits per heavy atom. The highest BCUT2D eigenvalue weighted by Gasteiger charge is 2.25. The Kier molecular flexibility index (Phi) is 6.88. The van der Waals surface area contributed by atoms with Crippen molar-refractivity contribution in [3.63, 3.8) is 0 Å². The molecule has 172 valence electrons. The molecule has 3 amide bonds. The van der Waals surface area contributed by atoms with Crippen LogP contribution in [-0.2, 0) is 4.79 Å². The molecule has 1 fully saturated rings. The van der Waals surface area contributed by atoms with E-state index in [0.717, 1.165) is 41.6 Å². The van der Waals surface area contributed by atoms with Crippen molar-refractivity contribution in [1.29, 1.82) is 0 Å². The van der Waals surface area contributed by atoms with Crippen molar-refractivity contribution in [2.24, 2.45) is 0 Å². The van der Waals surface area contributed by atoms with Crippen molar-refractivity contribution in [1.82, 2.24) is 19.8 Å². The van der Waals surface area contributed by atoms with Crippen LogP contribution < -0.4 is 10.6 Å². The van der Waals surface area contributed by atoms with E-state index in [1.165, 1.54) is 6.08 Å². The van der Waals surface area contributed by atoms with Gasteiger partial charge >= 0.3 is 0 Å². The third-order valence-corrected chi connectivity index (χ3v) is 6.84. The molecule has 1 aliphatic rings. The van der Waals surface area contributed by atoms with Crippen LogP contribution in [0.15, 0.2) is 49.1 Å². The zero-order chi connectivity index (χ0) is 23.4. The fourth-order valence-corrected chi connectivity index (χ4v) is 5.00. The largest absolute Gasteiger partial charge is 0.352 e. The Bertz CT molecular complexity index is 1200. The van der Waals surface area contributed by atoms with Crippen molar-refractivity contribution in [3.8, 4) is 0 Å². The van der Waals surface area contributed by atoms with Crippen LogP contribution in [0.4, 0.5) is 5.95 Å². The van der Waals surface area contributed by atoms with Gasteiger partial charge in [-0.25, -0.2) is 4.98 Å². The van der Waals surface area contributed by atoms with E-state index in [0.29, 0.717) is 35.3 Å². The number of hydrogen-bond acceptors (Lipinski definition) is 5. The molecule has 1 aromatic carbocycles. The molecule has 2 aromatic heterocycles. The lowest BCUT2D eigenvalue weighted by Crippen LogP contribution is -2.30. The summed E-state index contributed by atoms with van der Waals surface area (Å²) >= 11 is 1.15. The predicted octanol–water partition coefficient (Wildman–Crippen LogP) is 3.84. The molecule has 1 saturated heterocycles. The number of aromatic nitrogens is 2. The number of likely N-dealkylation sites (tertiary alicyclic amines) is 1. The molecule has 3 aromatic rings. The number of rotatable bonds is 6. The van der Waals surface area contributed by atoms with Gasteiger partial charge in [0.15, 0.2) is 0 Å². The van der Waals surface area contributed by atoms with Crippen LogP contribution in [-0.4, -0.2) is 51.8 Å². The minimum Gasteiger partial charge on any atom is -0.352 e. The number of nitrogens with zero attached hydrogens (tertiary/aromatic N) is 3. The Morgan fingerprint density at radius 2 is 1.88 bits per heavy atom. The zero-order valence-electron chi connectivity index (χ0n) is 18.5. The van der Waals surface area contributed by atoms with Crippen molar-refractivity contribution in [2.75, 3.05) is 25.0 Å². The molecule has 0 bridgehead atoms. The average Bonchev–Trinajstić information content (AvgIpc) is 3.37. The van der Waals surface area contributed by atoms with E-state index in [-0.39, 0.29) is 23.8 Å². The molecule has 0 aliphatic carbocycles. The van der Waals surface area contributed by atoms with Crippen molar-refractivity contribution >= 4 is 46.0 Å². The summed E-state index contributed by atoms with van der Waals surface area (Å²) in [4.78, 5) is 44.6. The summed E-state index contributed by atoms with van der Waals surface area (Å²) in [7, 11) is 0. The topological polar surface area (TPSA) is 96.3 Å². The fraction of sp³-hybridized carbons (Fsp3) is 0.333. The Morgan fingerprint density at radius 3 is 2.64 bits per heavy atom. The number of benzene rings is 1. The number of carbonyl (C=O) groups is 3. The van der Waals surface area contributed by atoms with Crippen LogP contribution in [0.5, 0.6) is 0 Å². The second kappa shape index (κ2) is 9.99. The molecule has 9 heteroatoms. The maximum Gasteiger partial charge on any atom is 0.268 e. The summed E-state index contributed by atoms with van der Waals surface area (Å²) < 4.78 is 2.08. The first-order chi connectivity index (χ1) is 16.0. The second-order valence-electron chi connectivity index (χ2n) is 7.89. The maximum absolute atomic E-state index is 13.0. The van der Waals surface area contributed by atoms with Gasteiger partial charge in [-0.05, 0) is 56.5 Å². The average molecular weight is 466 g/mol. The molecule has 2 N–H and O–H groups in total. The van der Waals surface area contributed by atoms with Crippen molar-refractivity contribution < 1.29 is 14.4 Å². The molecule has 4 rings (SSSR count). The van der Waals surface area contributed by atoms with E-state index in [4.69, 9.17) is 0 Å². The van der Waals surface area contributed by atoms with Gasteiger partial charge in [0.25, 0.3) is 11.8 Å². The highest BCUT2D eigenvalue weighted by atomic mass is 32.1. The number of thiophene rings is 1.